The molecule has 0 aromatic carbocycles. The van der Waals surface area contributed by atoms with Gasteiger partial charge in [0.15, 0.2) is 0 Å². The molecule has 1 N–H and O–H groups in total. The van der Waals surface area contributed by atoms with Crippen LogP contribution in [-0.2, 0) is 9.63 Å². The van der Waals surface area contributed by atoms with Gasteiger partial charge in [0.25, 0.3) is 0 Å². The number of oxime groups is 1. The van der Waals surface area contributed by atoms with E-state index in [4.69, 9.17) is 9.94 Å². The van der Waals surface area contributed by atoms with E-state index in [9.17, 15) is 4.79 Å². The minimum atomic E-state index is -0.723. The van der Waals surface area contributed by atoms with Gasteiger partial charge in [0.2, 0.25) is 0 Å². The predicted octanol–water partition coefficient (Wildman–Crippen LogP) is 1.12. The van der Waals surface area contributed by atoms with Gasteiger partial charge in [-0.05, 0) is 25.2 Å². The Balaban J connectivity index is 1.59. The molecular formula is C9H13NO3. The fraction of sp³-hybridized carbons (Fsp3) is 0.778. The second-order valence-corrected chi connectivity index (χ2v) is 3.84. The van der Waals surface area contributed by atoms with Crippen LogP contribution < -0.4 is 0 Å². The lowest BCUT2D eigenvalue weighted by molar-refractivity contribution is -0.138. The SMILES string of the molecule is O=C(O)C1CC1C=NOCC1CC1. The zero-order chi connectivity index (χ0) is 9.26. The molecule has 0 heterocycles. The van der Waals surface area contributed by atoms with Gasteiger partial charge in [-0.3, -0.25) is 4.79 Å². The molecule has 13 heavy (non-hydrogen) atoms. The number of carbonyl (C=O) groups is 1. The average Bonchev–Trinajstić information content (AvgIpc) is 2.94. The number of nitrogens with zero attached hydrogens (tertiary/aromatic N) is 1. The van der Waals surface area contributed by atoms with Crippen molar-refractivity contribution in [1.29, 1.82) is 0 Å². The van der Waals surface area contributed by atoms with E-state index >= 15 is 0 Å². The fourth-order valence-corrected chi connectivity index (χ4v) is 1.22. The summed E-state index contributed by atoms with van der Waals surface area (Å²) in [6, 6.07) is 0. The summed E-state index contributed by atoms with van der Waals surface area (Å²) < 4.78 is 0. The summed E-state index contributed by atoms with van der Waals surface area (Å²) in [5.41, 5.74) is 0. The molecule has 72 valence electrons. The minimum Gasteiger partial charge on any atom is -0.481 e. The fourth-order valence-electron chi connectivity index (χ4n) is 1.22. The third kappa shape index (κ3) is 2.44. The van der Waals surface area contributed by atoms with E-state index in [0.29, 0.717) is 18.9 Å². The van der Waals surface area contributed by atoms with Crippen molar-refractivity contribution >= 4 is 12.2 Å². The first-order valence-corrected chi connectivity index (χ1v) is 4.65. The van der Waals surface area contributed by atoms with Crippen LogP contribution in [0.2, 0.25) is 0 Å². The van der Waals surface area contributed by atoms with E-state index in [0.717, 1.165) is 0 Å². The van der Waals surface area contributed by atoms with Gasteiger partial charge < -0.3 is 9.94 Å². The van der Waals surface area contributed by atoms with Crippen LogP contribution in [0.1, 0.15) is 19.3 Å². The topological polar surface area (TPSA) is 58.9 Å². The molecule has 2 saturated carbocycles. The van der Waals surface area contributed by atoms with Gasteiger partial charge >= 0.3 is 5.97 Å². The monoisotopic (exact) mass is 183 g/mol. The molecule has 0 bridgehead atoms. The molecule has 2 aliphatic carbocycles. The lowest BCUT2D eigenvalue weighted by Crippen LogP contribution is -2.00. The van der Waals surface area contributed by atoms with Crippen molar-refractivity contribution in [2.75, 3.05) is 6.61 Å². The third-order valence-electron chi connectivity index (χ3n) is 2.49. The molecule has 2 fully saturated rings. The zero-order valence-electron chi connectivity index (χ0n) is 7.35. The van der Waals surface area contributed by atoms with Crippen LogP contribution in [0.5, 0.6) is 0 Å². The average molecular weight is 183 g/mol. The Labute approximate surface area is 76.6 Å². The molecule has 2 unspecified atom stereocenters. The van der Waals surface area contributed by atoms with E-state index < -0.39 is 5.97 Å². The number of carboxylic acids is 1. The quantitative estimate of drug-likeness (QED) is 0.513. The molecule has 2 atom stereocenters. The normalized spacial score (nSPS) is 32.0. The minimum absolute atomic E-state index is 0.108. The van der Waals surface area contributed by atoms with Gasteiger partial charge in [0.05, 0.1) is 5.92 Å². The van der Waals surface area contributed by atoms with E-state index in [1.165, 1.54) is 12.8 Å². The maximum absolute atomic E-state index is 10.4. The Morgan fingerprint density at radius 2 is 2.38 bits per heavy atom. The summed E-state index contributed by atoms with van der Waals surface area (Å²) in [4.78, 5) is 15.4. The molecule has 0 aromatic heterocycles. The van der Waals surface area contributed by atoms with E-state index in [2.05, 4.69) is 5.16 Å². The highest BCUT2D eigenvalue weighted by atomic mass is 16.6. The molecule has 0 radical (unpaired) electrons. The molecule has 0 amide bonds. The predicted molar refractivity (Wildman–Crippen MR) is 46.4 cm³/mol. The summed E-state index contributed by atoms with van der Waals surface area (Å²) in [5.74, 6) is -0.129. The molecule has 2 aliphatic rings. The lowest BCUT2D eigenvalue weighted by Gasteiger charge is -1.93. The second kappa shape index (κ2) is 3.36. The van der Waals surface area contributed by atoms with E-state index in [-0.39, 0.29) is 11.8 Å². The van der Waals surface area contributed by atoms with Gasteiger partial charge in [-0.15, -0.1) is 0 Å². The molecule has 4 nitrogen and oxygen atoms in total. The van der Waals surface area contributed by atoms with Crippen LogP contribution in [-0.4, -0.2) is 23.9 Å². The summed E-state index contributed by atoms with van der Waals surface area (Å²) >= 11 is 0. The Morgan fingerprint density at radius 3 is 2.92 bits per heavy atom. The number of aliphatic carboxylic acids is 1. The van der Waals surface area contributed by atoms with Crippen molar-refractivity contribution in [3.63, 3.8) is 0 Å². The molecule has 0 aliphatic heterocycles. The Morgan fingerprint density at radius 1 is 1.62 bits per heavy atom. The number of carboxylic acid groups (broad SMARTS) is 1. The molecule has 2 rings (SSSR count). The van der Waals surface area contributed by atoms with Crippen molar-refractivity contribution in [3.05, 3.63) is 0 Å². The summed E-state index contributed by atoms with van der Waals surface area (Å²) in [5, 5.41) is 12.3. The highest BCUT2D eigenvalue weighted by molar-refractivity contribution is 5.81. The van der Waals surface area contributed by atoms with Gasteiger partial charge in [-0.2, -0.15) is 0 Å². The zero-order valence-corrected chi connectivity index (χ0v) is 7.35. The van der Waals surface area contributed by atoms with Crippen LogP contribution in [0.25, 0.3) is 0 Å². The van der Waals surface area contributed by atoms with Crippen molar-refractivity contribution < 1.29 is 14.7 Å². The molecule has 0 spiro atoms. The van der Waals surface area contributed by atoms with Crippen molar-refractivity contribution in [2.45, 2.75) is 19.3 Å². The van der Waals surface area contributed by atoms with E-state index in [1.807, 2.05) is 0 Å². The number of hydrogen-bond donors (Lipinski definition) is 1. The number of rotatable bonds is 5. The first kappa shape index (κ1) is 8.53. The van der Waals surface area contributed by atoms with Gasteiger partial charge in [0.1, 0.15) is 6.61 Å². The highest BCUT2D eigenvalue weighted by Crippen LogP contribution is 2.36. The van der Waals surface area contributed by atoms with Crippen LogP contribution >= 0.6 is 0 Å². The lowest BCUT2D eigenvalue weighted by atomic mass is 10.3. The summed E-state index contributed by atoms with van der Waals surface area (Å²) in [7, 11) is 0. The maximum atomic E-state index is 10.4. The summed E-state index contributed by atoms with van der Waals surface area (Å²) in [6.45, 7) is 0.695. The van der Waals surface area contributed by atoms with Gasteiger partial charge in [0, 0.05) is 12.1 Å². The largest absolute Gasteiger partial charge is 0.481 e. The molecule has 4 heteroatoms. The van der Waals surface area contributed by atoms with Crippen molar-refractivity contribution in [3.8, 4) is 0 Å². The molecular weight excluding hydrogens is 170 g/mol. The molecule has 0 saturated heterocycles. The highest BCUT2D eigenvalue weighted by Gasteiger charge is 2.42. The Hall–Kier alpha value is -1.06. The second-order valence-electron chi connectivity index (χ2n) is 3.84. The van der Waals surface area contributed by atoms with Crippen LogP contribution in [0.3, 0.4) is 0 Å². The van der Waals surface area contributed by atoms with Crippen LogP contribution in [0.15, 0.2) is 5.16 Å². The van der Waals surface area contributed by atoms with E-state index in [1.54, 1.807) is 6.21 Å². The smallest absolute Gasteiger partial charge is 0.307 e. The van der Waals surface area contributed by atoms with Crippen molar-refractivity contribution in [2.24, 2.45) is 22.9 Å². The third-order valence-corrected chi connectivity index (χ3v) is 2.49. The first-order chi connectivity index (χ1) is 6.27. The molecule has 0 aromatic rings. The maximum Gasteiger partial charge on any atom is 0.307 e. The number of hydrogen-bond acceptors (Lipinski definition) is 3. The Kier molecular flexibility index (Phi) is 2.20. The van der Waals surface area contributed by atoms with Gasteiger partial charge in [-0.25, -0.2) is 0 Å². The first-order valence-electron chi connectivity index (χ1n) is 4.65. The van der Waals surface area contributed by atoms with Gasteiger partial charge in [-0.1, -0.05) is 5.16 Å². The Bertz CT molecular complexity index is 235. The van der Waals surface area contributed by atoms with Crippen molar-refractivity contribution in [1.82, 2.24) is 0 Å². The summed E-state index contributed by atoms with van der Waals surface area (Å²) in [6.07, 6.45) is 4.83. The van der Waals surface area contributed by atoms with Crippen LogP contribution in [0.4, 0.5) is 0 Å². The van der Waals surface area contributed by atoms with Crippen LogP contribution in [0, 0.1) is 17.8 Å². The standard InChI is InChI=1S/C9H13NO3/c11-9(12)8-3-7(8)4-10-13-5-6-1-2-6/h4,6-8H,1-3,5H2,(H,11,12).